The molecule has 1 unspecified atom stereocenters. The second-order valence-corrected chi connectivity index (χ2v) is 3.46. The van der Waals surface area contributed by atoms with Gasteiger partial charge in [0, 0.05) is 0 Å². The van der Waals surface area contributed by atoms with Crippen LogP contribution in [0, 0.1) is 12.3 Å². The second-order valence-electron chi connectivity index (χ2n) is 3.46. The lowest BCUT2D eigenvalue weighted by Crippen LogP contribution is -2.31. The van der Waals surface area contributed by atoms with Crippen LogP contribution in [0.15, 0.2) is 0 Å². The summed E-state index contributed by atoms with van der Waals surface area (Å²) >= 11 is 0. The molecule has 0 heterocycles. The molecule has 0 aliphatic rings. The number of nitrogens with one attached hydrogen (secondary N) is 1. The van der Waals surface area contributed by atoms with Gasteiger partial charge in [-0.25, -0.2) is 0 Å². The van der Waals surface area contributed by atoms with Crippen LogP contribution in [0.1, 0.15) is 33.6 Å². The number of hydrogen-bond acceptors (Lipinski definition) is 2. The van der Waals surface area contributed by atoms with E-state index < -0.39 is 0 Å². The molecule has 0 aliphatic heterocycles. The maximum absolute atomic E-state index is 5.35. The second kappa shape index (κ2) is 9.05. The van der Waals surface area contributed by atoms with Crippen LogP contribution in [-0.4, -0.2) is 37.1 Å². The van der Waals surface area contributed by atoms with Crippen LogP contribution in [0.25, 0.3) is 0 Å². The summed E-state index contributed by atoms with van der Waals surface area (Å²) in [5, 5.41) is 3.36. The summed E-state index contributed by atoms with van der Waals surface area (Å²) < 4.78 is 0. The average Bonchev–Trinajstić information content (AvgIpc) is 2.24. The zero-order valence-electron chi connectivity index (χ0n) is 9.84. The summed E-state index contributed by atoms with van der Waals surface area (Å²) in [6, 6.07) is 0.256. The maximum Gasteiger partial charge on any atom is 0.0684 e. The first-order valence-electron chi connectivity index (χ1n) is 5.70. The third-order valence-corrected chi connectivity index (χ3v) is 2.55. The van der Waals surface area contributed by atoms with Gasteiger partial charge in [-0.15, -0.1) is 6.42 Å². The van der Waals surface area contributed by atoms with Crippen molar-refractivity contribution in [1.82, 2.24) is 10.2 Å². The van der Waals surface area contributed by atoms with Crippen LogP contribution in [0.3, 0.4) is 0 Å². The topological polar surface area (TPSA) is 15.3 Å². The highest BCUT2D eigenvalue weighted by Gasteiger charge is 2.01. The number of rotatable bonds is 8. The van der Waals surface area contributed by atoms with Gasteiger partial charge in [-0.3, -0.25) is 0 Å². The van der Waals surface area contributed by atoms with E-state index in [0.717, 1.165) is 26.1 Å². The lowest BCUT2D eigenvalue weighted by atomic mass is 10.2. The van der Waals surface area contributed by atoms with E-state index in [0.29, 0.717) is 0 Å². The van der Waals surface area contributed by atoms with E-state index in [9.17, 15) is 0 Å². The average molecular weight is 196 g/mol. The highest BCUT2D eigenvalue weighted by molar-refractivity contribution is 4.97. The molecule has 0 amide bonds. The van der Waals surface area contributed by atoms with E-state index in [1.165, 1.54) is 13.0 Å². The highest BCUT2D eigenvalue weighted by Crippen LogP contribution is 1.92. The van der Waals surface area contributed by atoms with Gasteiger partial charge in [-0.2, -0.15) is 0 Å². The van der Waals surface area contributed by atoms with E-state index in [1.807, 2.05) is 0 Å². The zero-order chi connectivity index (χ0) is 10.8. The van der Waals surface area contributed by atoms with Gasteiger partial charge in [-0.1, -0.05) is 26.7 Å². The van der Waals surface area contributed by atoms with Crippen molar-refractivity contribution < 1.29 is 0 Å². The third kappa shape index (κ3) is 6.01. The summed E-state index contributed by atoms with van der Waals surface area (Å²) in [4.78, 5) is 2.43. The Hall–Kier alpha value is -0.520. The van der Waals surface area contributed by atoms with Crippen LogP contribution in [0.2, 0.25) is 0 Å². The maximum atomic E-state index is 5.35. The Morgan fingerprint density at radius 3 is 2.36 bits per heavy atom. The van der Waals surface area contributed by atoms with Crippen molar-refractivity contribution in [3.05, 3.63) is 0 Å². The summed E-state index contributed by atoms with van der Waals surface area (Å²) in [6.45, 7) is 11.0. The lowest BCUT2D eigenvalue weighted by Gasteiger charge is -2.18. The number of hydrogen-bond donors (Lipinski definition) is 1. The highest BCUT2D eigenvalue weighted by atomic mass is 15.1. The van der Waals surface area contributed by atoms with Gasteiger partial charge in [0.2, 0.25) is 0 Å². The lowest BCUT2D eigenvalue weighted by molar-refractivity contribution is 0.297. The van der Waals surface area contributed by atoms with Crippen molar-refractivity contribution in [1.29, 1.82) is 0 Å². The molecule has 0 saturated heterocycles. The molecule has 0 saturated carbocycles. The fourth-order valence-electron chi connectivity index (χ4n) is 1.44. The largest absolute Gasteiger partial charge is 0.304 e. The van der Waals surface area contributed by atoms with Gasteiger partial charge in [0.15, 0.2) is 0 Å². The predicted molar refractivity (Wildman–Crippen MR) is 63.3 cm³/mol. The van der Waals surface area contributed by atoms with Gasteiger partial charge in [0.05, 0.1) is 6.04 Å². The van der Waals surface area contributed by atoms with Crippen LogP contribution in [0.5, 0.6) is 0 Å². The normalized spacial score (nSPS) is 12.8. The number of nitrogens with zero attached hydrogens (tertiary/aromatic N) is 1. The fourth-order valence-corrected chi connectivity index (χ4v) is 1.44. The van der Waals surface area contributed by atoms with E-state index in [-0.39, 0.29) is 6.04 Å². The molecule has 0 aromatic carbocycles. The van der Waals surface area contributed by atoms with E-state index in [4.69, 9.17) is 6.42 Å². The van der Waals surface area contributed by atoms with Crippen molar-refractivity contribution in [2.75, 3.05) is 26.2 Å². The smallest absolute Gasteiger partial charge is 0.0684 e. The standard InChI is InChI=1S/C12H24N2/c1-5-12(6-2)13-10-9-11-14(7-3)8-4/h1,12-13H,6-11H2,2-4H3. The minimum absolute atomic E-state index is 0.256. The van der Waals surface area contributed by atoms with Crippen LogP contribution >= 0.6 is 0 Å². The first-order chi connectivity index (χ1) is 6.78. The van der Waals surface area contributed by atoms with Crippen molar-refractivity contribution in [3.8, 4) is 12.3 Å². The summed E-state index contributed by atoms with van der Waals surface area (Å²) in [6.07, 6.45) is 7.55. The molecule has 1 atom stereocenters. The van der Waals surface area contributed by atoms with Crippen molar-refractivity contribution in [3.63, 3.8) is 0 Å². The molecule has 0 radical (unpaired) electrons. The Morgan fingerprint density at radius 1 is 1.29 bits per heavy atom. The minimum Gasteiger partial charge on any atom is -0.304 e. The minimum atomic E-state index is 0.256. The molecule has 0 spiro atoms. The van der Waals surface area contributed by atoms with Crippen LogP contribution in [-0.2, 0) is 0 Å². The molecule has 0 aliphatic carbocycles. The van der Waals surface area contributed by atoms with Gasteiger partial charge < -0.3 is 10.2 Å². The Labute approximate surface area is 89.1 Å². The van der Waals surface area contributed by atoms with Gasteiger partial charge in [-0.05, 0) is 39.0 Å². The van der Waals surface area contributed by atoms with E-state index >= 15 is 0 Å². The summed E-state index contributed by atoms with van der Waals surface area (Å²) in [5.41, 5.74) is 0. The molecular formula is C12H24N2. The van der Waals surface area contributed by atoms with Gasteiger partial charge in [0.1, 0.15) is 0 Å². The van der Waals surface area contributed by atoms with Crippen molar-refractivity contribution >= 4 is 0 Å². The zero-order valence-corrected chi connectivity index (χ0v) is 9.84. The van der Waals surface area contributed by atoms with Gasteiger partial charge >= 0.3 is 0 Å². The Morgan fingerprint density at radius 2 is 1.93 bits per heavy atom. The Balaban J connectivity index is 3.41. The van der Waals surface area contributed by atoms with Crippen LogP contribution < -0.4 is 5.32 Å². The predicted octanol–water partition coefficient (Wildman–Crippen LogP) is 1.72. The van der Waals surface area contributed by atoms with E-state index in [2.05, 4.69) is 36.9 Å². The first kappa shape index (κ1) is 13.5. The molecule has 14 heavy (non-hydrogen) atoms. The fraction of sp³-hybridized carbons (Fsp3) is 0.833. The molecule has 0 aromatic rings. The monoisotopic (exact) mass is 196 g/mol. The van der Waals surface area contributed by atoms with Crippen molar-refractivity contribution in [2.24, 2.45) is 0 Å². The SMILES string of the molecule is C#CC(CC)NCCCN(CC)CC. The molecule has 0 aromatic heterocycles. The van der Waals surface area contributed by atoms with Crippen molar-refractivity contribution in [2.45, 2.75) is 39.7 Å². The molecule has 82 valence electrons. The Bertz CT molecular complexity index is 156. The third-order valence-electron chi connectivity index (χ3n) is 2.55. The molecule has 0 bridgehead atoms. The molecular weight excluding hydrogens is 172 g/mol. The molecule has 0 rings (SSSR count). The van der Waals surface area contributed by atoms with E-state index in [1.54, 1.807) is 0 Å². The van der Waals surface area contributed by atoms with Crippen LogP contribution in [0.4, 0.5) is 0 Å². The molecule has 2 heteroatoms. The van der Waals surface area contributed by atoms with Gasteiger partial charge in [0.25, 0.3) is 0 Å². The molecule has 0 fully saturated rings. The Kier molecular flexibility index (Phi) is 8.72. The summed E-state index contributed by atoms with van der Waals surface area (Å²) in [5.74, 6) is 2.74. The number of terminal acetylenes is 1. The quantitative estimate of drug-likeness (QED) is 0.470. The molecule has 1 N–H and O–H groups in total. The first-order valence-corrected chi connectivity index (χ1v) is 5.70. The summed E-state index contributed by atoms with van der Waals surface area (Å²) in [7, 11) is 0. The molecule has 2 nitrogen and oxygen atoms in total.